The largest absolute Gasteiger partial charge is 0.496 e. The Bertz CT molecular complexity index is 736. The van der Waals surface area contributed by atoms with Crippen LogP contribution in [0.5, 0.6) is 11.5 Å². The van der Waals surface area contributed by atoms with Gasteiger partial charge in [-0.3, -0.25) is 9.89 Å². The zero-order valence-corrected chi connectivity index (χ0v) is 14.7. The number of rotatable bonds is 5. The third-order valence-corrected chi connectivity index (χ3v) is 4.57. The number of H-pyrrole nitrogens is 1. The van der Waals surface area contributed by atoms with Crippen LogP contribution in [-0.4, -0.2) is 59.5 Å². The van der Waals surface area contributed by atoms with Gasteiger partial charge in [-0.1, -0.05) is 6.07 Å². The SMILES string of the molecule is COc1cccc(OC)c1C(=O)N1C[C@@H](Cc2cc(C)[nH]n2)[C@H](O)C1. The number of nitrogens with zero attached hydrogens (tertiary/aromatic N) is 2. The van der Waals surface area contributed by atoms with Gasteiger partial charge in [0.25, 0.3) is 5.91 Å². The number of methoxy groups -OCH3 is 2. The van der Waals surface area contributed by atoms with Crippen LogP contribution in [0.4, 0.5) is 0 Å². The van der Waals surface area contributed by atoms with Crippen molar-refractivity contribution in [2.75, 3.05) is 27.3 Å². The molecule has 2 heterocycles. The normalized spacial score (nSPS) is 19.9. The molecular weight excluding hydrogens is 322 g/mol. The first kappa shape index (κ1) is 17.3. The molecule has 1 amide bonds. The van der Waals surface area contributed by atoms with E-state index in [4.69, 9.17) is 9.47 Å². The van der Waals surface area contributed by atoms with Crippen molar-refractivity contribution in [2.45, 2.75) is 19.4 Å². The Hall–Kier alpha value is -2.54. The molecule has 1 aliphatic rings. The third-order valence-electron chi connectivity index (χ3n) is 4.57. The van der Waals surface area contributed by atoms with Gasteiger partial charge in [0.2, 0.25) is 0 Å². The summed E-state index contributed by atoms with van der Waals surface area (Å²) in [7, 11) is 3.04. The zero-order valence-electron chi connectivity index (χ0n) is 14.7. The van der Waals surface area contributed by atoms with Gasteiger partial charge in [0.05, 0.1) is 26.0 Å². The summed E-state index contributed by atoms with van der Waals surface area (Å²) in [5.41, 5.74) is 2.26. The van der Waals surface area contributed by atoms with Crippen LogP contribution in [0.25, 0.3) is 0 Å². The summed E-state index contributed by atoms with van der Waals surface area (Å²) in [6.45, 7) is 2.69. The van der Waals surface area contributed by atoms with Crippen molar-refractivity contribution in [3.05, 3.63) is 41.2 Å². The number of aryl methyl sites for hydroxylation is 1. The molecule has 2 N–H and O–H groups in total. The van der Waals surface area contributed by atoms with Gasteiger partial charge in [0.1, 0.15) is 17.1 Å². The fraction of sp³-hybridized carbons (Fsp3) is 0.444. The lowest BCUT2D eigenvalue weighted by atomic mass is 10.00. The number of nitrogens with one attached hydrogen (secondary N) is 1. The summed E-state index contributed by atoms with van der Waals surface area (Å²) in [5, 5.41) is 17.5. The van der Waals surface area contributed by atoms with Crippen molar-refractivity contribution in [1.29, 1.82) is 0 Å². The minimum absolute atomic E-state index is 0.0487. The smallest absolute Gasteiger partial charge is 0.261 e. The van der Waals surface area contributed by atoms with Gasteiger partial charge in [-0.2, -0.15) is 5.10 Å². The van der Waals surface area contributed by atoms with E-state index in [2.05, 4.69) is 10.2 Å². The second-order valence-electron chi connectivity index (χ2n) is 6.32. The maximum atomic E-state index is 13.0. The van der Waals surface area contributed by atoms with E-state index in [1.54, 1.807) is 23.1 Å². The van der Waals surface area contributed by atoms with Gasteiger partial charge in [-0.25, -0.2) is 0 Å². The molecule has 7 nitrogen and oxygen atoms in total. The van der Waals surface area contributed by atoms with E-state index in [0.717, 1.165) is 11.4 Å². The van der Waals surface area contributed by atoms with Crippen molar-refractivity contribution in [2.24, 2.45) is 5.92 Å². The van der Waals surface area contributed by atoms with E-state index in [1.165, 1.54) is 14.2 Å². The first-order chi connectivity index (χ1) is 12.0. The summed E-state index contributed by atoms with van der Waals surface area (Å²) >= 11 is 0. The van der Waals surface area contributed by atoms with Crippen molar-refractivity contribution in [3.63, 3.8) is 0 Å². The second-order valence-corrected chi connectivity index (χ2v) is 6.32. The number of aromatic amines is 1. The number of β-amino-alcohol motifs (C(OH)–C–C–N with tert-alkyl or cyclic N) is 1. The Balaban J connectivity index is 1.78. The van der Waals surface area contributed by atoms with Crippen molar-refractivity contribution >= 4 is 5.91 Å². The predicted molar refractivity (Wildman–Crippen MR) is 92.0 cm³/mol. The number of ether oxygens (including phenoxy) is 2. The number of amides is 1. The molecule has 0 unspecified atom stereocenters. The molecule has 1 aromatic carbocycles. The van der Waals surface area contributed by atoms with Gasteiger partial charge in [0, 0.05) is 24.7 Å². The average molecular weight is 345 g/mol. The number of carbonyl (C=O) groups excluding carboxylic acids is 1. The molecule has 1 saturated heterocycles. The molecule has 25 heavy (non-hydrogen) atoms. The van der Waals surface area contributed by atoms with E-state index >= 15 is 0 Å². The number of aromatic nitrogens is 2. The van der Waals surface area contributed by atoms with Crippen LogP contribution >= 0.6 is 0 Å². The van der Waals surface area contributed by atoms with E-state index < -0.39 is 6.10 Å². The van der Waals surface area contributed by atoms with Crippen LogP contribution < -0.4 is 9.47 Å². The molecule has 0 spiro atoms. The van der Waals surface area contributed by atoms with Gasteiger partial charge >= 0.3 is 0 Å². The van der Waals surface area contributed by atoms with Gasteiger partial charge in [0.15, 0.2) is 0 Å². The Morgan fingerprint density at radius 2 is 2.00 bits per heavy atom. The number of hydrogen-bond acceptors (Lipinski definition) is 5. The number of aliphatic hydroxyl groups excluding tert-OH is 1. The molecule has 1 fully saturated rings. The quantitative estimate of drug-likeness (QED) is 0.855. The minimum atomic E-state index is -0.582. The van der Waals surface area contributed by atoms with Crippen LogP contribution in [0.2, 0.25) is 0 Å². The molecule has 2 atom stereocenters. The fourth-order valence-electron chi connectivity index (χ4n) is 3.29. The van der Waals surface area contributed by atoms with Gasteiger partial charge < -0.3 is 19.5 Å². The van der Waals surface area contributed by atoms with Crippen LogP contribution in [-0.2, 0) is 6.42 Å². The first-order valence-corrected chi connectivity index (χ1v) is 8.22. The molecule has 1 aliphatic heterocycles. The van der Waals surface area contributed by atoms with Crippen LogP contribution in [0.1, 0.15) is 21.7 Å². The number of benzene rings is 1. The molecule has 134 valence electrons. The highest BCUT2D eigenvalue weighted by Gasteiger charge is 2.36. The molecule has 0 saturated carbocycles. The highest BCUT2D eigenvalue weighted by molar-refractivity contribution is 6.00. The number of aliphatic hydroxyl groups is 1. The van der Waals surface area contributed by atoms with Gasteiger partial charge in [-0.05, 0) is 31.5 Å². The van der Waals surface area contributed by atoms with E-state index in [-0.39, 0.29) is 18.4 Å². The monoisotopic (exact) mass is 345 g/mol. The molecule has 0 aliphatic carbocycles. The standard InChI is InChI=1S/C18H23N3O4/c1-11-7-13(20-19-11)8-12-9-21(10-14(12)22)18(23)17-15(24-2)5-4-6-16(17)25-3/h4-7,12,14,22H,8-10H2,1-3H3,(H,19,20)/t12-,14-/m1/s1. The number of likely N-dealkylation sites (tertiary alicyclic amines) is 1. The number of hydrogen-bond donors (Lipinski definition) is 2. The topological polar surface area (TPSA) is 87.7 Å². The Labute approximate surface area is 146 Å². The van der Waals surface area contributed by atoms with Crippen LogP contribution in [0.3, 0.4) is 0 Å². The molecule has 7 heteroatoms. The van der Waals surface area contributed by atoms with E-state index in [9.17, 15) is 9.90 Å². The zero-order chi connectivity index (χ0) is 18.0. The van der Waals surface area contributed by atoms with Crippen LogP contribution in [0, 0.1) is 12.8 Å². The maximum absolute atomic E-state index is 13.0. The highest BCUT2D eigenvalue weighted by atomic mass is 16.5. The second kappa shape index (κ2) is 7.14. The molecule has 2 aromatic rings. The Morgan fingerprint density at radius 1 is 1.32 bits per heavy atom. The molecule has 1 aromatic heterocycles. The van der Waals surface area contributed by atoms with E-state index in [0.29, 0.717) is 30.0 Å². The minimum Gasteiger partial charge on any atom is -0.496 e. The maximum Gasteiger partial charge on any atom is 0.261 e. The van der Waals surface area contributed by atoms with Crippen LogP contribution in [0.15, 0.2) is 24.3 Å². The summed E-state index contributed by atoms with van der Waals surface area (Å²) in [6, 6.07) is 7.19. The highest BCUT2D eigenvalue weighted by Crippen LogP contribution is 2.32. The summed E-state index contributed by atoms with van der Waals surface area (Å²) in [6.07, 6.45) is 0.0416. The molecule has 3 rings (SSSR count). The number of carbonyl (C=O) groups is 1. The van der Waals surface area contributed by atoms with Crippen molar-refractivity contribution in [3.8, 4) is 11.5 Å². The lowest BCUT2D eigenvalue weighted by Crippen LogP contribution is -2.30. The lowest BCUT2D eigenvalue weighted by molar-refractivity contribution is 0.0757. The van der Waals surface area contributed by atoms with Crippen molar-refractivity contribution < 1.29 is 19.4 Å². The molecule has 0 radical (unpaired) electrons. The van der Waals surface area contributed by atoms with Gasteiger partial charge in [-0.15, -0.1) is 0 Å². The summed E-state index contributed by atoms with van der Waals surface area (Å²) < 4.78 is 10.6. The molecule has 0 bridgehead atoms. The van der Waals surface area contributed by atoms with E-state index in [1.807, 2.05) is 13.0 Å². The average Bonchev–Trinajstić information content (AvgIpc) is 3.19. The predicted octanol–water partition coefficient (Wildman–Crippen LogP) is 1.41. The first-order valence-electron chi connectivity index (χ1n) is 8.22. The third kappa shape index (κ3) is 3.46. The summed E-state index contributed by atoms with van der Waals surface area (Å²) in [5.74, 6) is 0.678. The Morgan fingerprint density at radius 3 is 2.56 bits per heavy atom. The van der Waals surface area contributed by atoms with Crippen molar-refractivity contribution in [1.82, 2.24) is 15.1 Å². The Kier molecular flexibility index (Phi) is 4.94. The lowest BCUT2D eigenvalue weighted by Gasteiger charge is -2.19. The summed E-state index contributed by atoms with van der Waals surface area (Å²) in [4.78, 5) is 14.6. The molecular formula is C18H23N3O4. The fourth-order valence-corrected chi connectivity index (χ4v) is 3.29.